The molecule has 0 radical (unpaired) electrons. The summed E-state index contributed by atoms with van der Waals surface area (Å²) in [6.07, 6.45) is 2.09. The SMILES string of the molecule is CCNC(=NCC(O)c1cc2ccccc2s1)NCC1CC1. The van der Waals surface area contributed by atoms with E-state index in [0.717, 1.165) is 29.8 Å². The third-order valence-electron chi connectivity index (χ3n) is 3.79. The van der Waals surface area contributed by atoms with Crippen molar-refractivity contribution in [1.29, 1.82) is 0 Å². The van der Waals surface area contributed by atoms with Crippen LogP contribution in [0.15, 0.2) is 35.3 Å². The van der Waals surface area contributed by atoms with Gasteiger partial charge in [0.15, 0.2) is 5.96 Å². The number of thiophene rings is 1. The van der Waals surface area contributed by atoms with Crippen molar-refractivity contribution in [2.45, 2.75) is 25.9 Å². The minimum atomic E-state index is -0.547. The van der Waals surface area contributed by atoms with Gasteiger partial charge < -0.3 is 15.7 Å². The smallest absolute Gasteiger partial charge is 0.191 e. The first-order valence-corrected chi connectivity index (χ1v) is 8.76. The first-order chi connectivity index (χ1) is 10.8. The lowest BCUT2D eigenvalue weighted by molar-refractivity contribution is 0.191. The van der Waals surface area contributed by atoms with E-state index in [1.165, 1.54) is 22.9 Å². The first-order valence-electron chi connectivity index (χ1n) is 7.95. The maximum absolute atomic E-state index is 10.4. The number of aliphatic hydroxyl groups excluding tert-OH is 1. The zero-order valence-corrected chi connectivity index (χ0v) is 13.7. The Morgan fingerprint density at radius 1 is 1.36 bits per heavy atom. The molecule has 0 bridgehead atoms. The molecule has 118 valence electrons. The van der Waals surface area contributed by atoms with Crippen LogP contribution in [-0.2, 0) is 0 Å². The number of nitrogens with zero attached hydrogens (tertiary/aromatic N) is 1. The summed E-state index contributed by atoms with van der Waals surface area (Å²) < 4.78 is 1.21. The molecule has 5 heteroatoms. The van der Waals surface area contributed by atoms with Gasteiger partial charge in [-0.15, -0.1) is 11.3 Å². The average molecular weight is 317 g/mol. The first kappa shape index (κ1) is 15.3. The van der Waals surface area contributed by atoms with Crippen molar-refractivity contribution in [3.05, 3.63) is 35.2 Å². The Balaban J connectivity index is 1.62. The van der Waals surface area contributed by atoms with E-state index in [4.69, 9.17) is 0 Å². The molecule has 1 atom stereocenters. The van der Waals surface area contributed by atoms with Crippen molar-refractivity contribution < 1.29 is 5.11 Å². The molecular weight excluding hydrogens is 294 g/mol. The molecule has 4 nitrogen and oxygen atoms in total. The molecule has 0 aliphatic heterocycles. The third-order valence-corrected chi connectivity index (χ3v) is 5.01. The van der Waals surface area contributed by atoms with Crippen LogP contribution in [-0.4, -0.2) is 30.7 Å². The van der Waals surface area contributed by atoms with E-state index in [2.05, 4.69) is 40.7 Å². The lowest BCUT2D eigenvalue weighted by Crippen LogP contribution is -2.38. The second kappa shape index (κ2) is 7.11. The van der Waals surface area contributed by atoms with E-state index in [0.29, 0.717) is 6.54 Å². The zero-order chi connectivity index (χ0) is 15.4. The highest BCUT2D eigenvalue weighted by Crippen LogP contribution is 2.30. The van der Waals surface area contributed by atoms with Gasteiger partial charge in [0, 0.05) is 22.7 Å². The molecule has 1 aromatic carbocycles. The number of rotatable bonds is 6. The van der Waals surface area contributed by atoms with E-state index < -0.39 is 6.10 Å². The molecule has 1 aliphatic carbocycles. The molecule has 1 saturated carbocycles. The van der Waals surface area contributed by atoms with E-state index >= 15 is 0 Å². The van der Waals surface area contributed by atoms with Crippen LogP contribution < -0.4 is 10.6 Å². The topological polar surface area (TPSA) is 56.7 Å². The lowest BCUT2D eigenvalue weighted by atomic mass is 10.2. The average Bonchev–Trinajstić information content (AvgIpc) is 3.26. The van der Waals surface area contributed by atoms with Crippen molar-refractivity contribution in [3.8, 4) is 0 Å². The van der Waals surface area contributed by atoms with Crippen LogP contribution >= 0.6 is 11.3 Å². The minimum Gasteiger partial charge on any atom is -0.386 e. The van der Waals surface area contributed by atoms with Crippen LogP contribution in [0.3, 0.4) is 0 Å². The molecule has 3 rings (SSSR count). The zero-order valence-electron chi connectivity index (χ0n) is 12.9. The molecule has 2 aromatic rings. The second-order valence-electron chi connectivity index (χ2n) is 5.75. The summed E-state index contributed by atoms with van der Waals surface area (Å²) in [5.74, 6) is 1.60. The van der Waals surface area contributed by atoms with Gasteiger partial charge in [-0.2, -0.15) is 0 Å². The highest BCUT2D eigenvalue weighted by molar-refractivity contribution is 7.19. The number of nitrogens with one attached hydrogen (secondary N) is 2. The number of aliphatic imine (C=N–C) groups is 1. The molecule has 1 fully saturated rings. The third kappa shape index (κ3) is 3.99. The van der Waals surface area contributed by atoms with Gasteiger partial charge >= 0.3 is 0 Å². The number of hydrogen-bond acceptors (Lipinski definition) is 3. The summed E-state index contributed by atoms with van der Waals surface area (Å²) in [5.41, 5.74) is 0. The number of hydrogen-bond donors (Lipinski definition) is 3. The molecule has 1 aliphatic rings. The summed E-state index contributed by atoms with van der Waals surface area (Å²) in [6.45, 7) is 4.24. The van der Waals surface area contributed by atoms with E-state index in [9.17, 15) is 5.11 Å². The van der Waals surface area contributed by atoms with Crippen molar-refractivity contribution in [2.24, 2.45) is 10.9 Å². The molecule has 3 N–H and O–H groups in total. The van der Waals surface area contributed by atoms with Crippen molar-refractivity contribution in [3.63, 3.8) is 0 Å². The van der Waals surface area contributed by atoms with E-state index in [1.807, 2.05) is 12.1 Å². The Hall–Kier alpha value is -1.59. The van der Waals surface area contributed by atoms with Crippen molar-refractivity contribution in [1.82, 2.24) is 10.6 Å². The van der Waals surface area contributed by atoms with Crippen molar-refractivity contribution >= 4 is 27.4 Å². The van der Waals surface area contributed by atoms with Gasteiger partial charge in [-0.1, -0.05) is 18.2 Å². The number of aliphatic hydroxyl groups is 1. The quantitative estimate of drug-likeness (QED) is 0.567. The fourth-order valence-corrected chi connectivity index (χ4v) is 3.38. The van der Waals surface area contributed by atoms with Crippen LogP contribution in [0.25, 0.3) is 10.1 Å². The maximum atomic E-state index is 10.4. The highest BCUT2D eigenvalue weighted by Gasteiger charge is 2.21. The predicted octanol–water partition coefficient (Wildman–Crippen LogP) is 2.90. The highest BCUT2D eigenvalue weighted by atomic mass is 32.1. The van der Waals surface area contributed by atoms with Gasteiger partial charge in [-0.25, -0.2) is 0 Å². The predicted molar refractivity (Wildman–Crippen MR) is 93.5 cm³/mol. The van der Waals surface area contributed by atoms with Gasteiger partial charge in [0.25, 0.3) is 0 Å². The van der Waals surface area contributed by atoms with Crippen LogP contribution in [0.2, 0.25) is 0 Å². The summed E-state index contributed by atoms with van der Waals surface area (Å²) in [7, 11) is 0. The Bertz CT molecular complexity index is 615. The monoisotopic (exact) mass is 317 g/mol. The minimum absolute atomic E-state index is 0.382. The van der Waals surface area contributed by atoms with Gasteiger partial charge in [0.05, 0.1) is 6.54 Å². The summed E-state index contributed by atoms with van der Waals surface area (Å²) in [5, 5.41) is 18.1. The molecular formula is C17H23N3OS. The largest absolute Gasteiger partial charge is 0.386 e. The molecule has 0 saturated heterocycles. The second-order valence-corrected chi connectivity index (χ2v) is 6.86. The molecule has 22 heavy (non-hydrogen) atoms. The van der Waals surface area contributed by atoms with Gasteiger partial charge in [-0.3, -0.25) is 4.99 Å². The number of benzene rings is 1. The van der Waals surface area contributed by atoms with Crippen molar-refractivity contribution in [2.75, 3.05) is 19.6 Å². The van der Waals surface area contributed by atoms with Gasteiger partial charge in [-0.05, 0) is 43.2 Å². The summed E-state index contributed by atoms with van der Waals surface area (Å²) in [4.78, 5) is 5.49. The number of fused-ring (bicyclic) bond motifs is 1. The van der Waals surface area contributed by atoms with Gasteiger partial charge in [0.2, 0.25) is 0 Å². The fraction of sp³-hybridized carbons (Fsp3) is 0.471. The fourth-order valence-electron chi connectivity index (χ4n) is 2.34. The van der Waals surface area contributed by atoms with E-state index in [1.54, 1.807) is 11.3 Å². The number of guanidine groups is 1. The maximum Gasteiger partial charge on any atom is 0.191 e. The molecule has 1 unspecified atom stereocenters. The van der Waals surface area contributed by atoms with E-state index in [-0.39, 0.29) is 0 Å². The molecule has 0 amide bonds. The van der Waals surface area contributed by atoms with Crippen LogP contribution in [0.5, 0.6) is 0 Å². The standard InChI is InChI=1S/C17H23N3OS/c1-2-18-17(19-10-12-7-8-12)20-11-14(21)16-9-13-5-3-4-6-15(13)22-16/h3-6,9,12,14,21H,2,7-8,10-11H2,1H3,(H2,18,19,20). The molecule has 0 spiro atoms. The Kier molecular flexibility index (Phi) is 4.95. The van der Waals surface area contributed by atoms with Crippen LogP contribution in [0.4, 0.5) is 0 Å². The Labute approximate surface area is 135 Å². The van der Waals surface area contributed by atoms with Crippen LogP contribution in [0, 0.1) is 5.92 Å². The summed E-state index contributed by atoms with van der Waals surface area (Å²) >= 11 is 1.64. The lowest BCUT2D eigenvalue weighted by Gasteiger charge is -2.12. The summed E-state index contributed by atoms with van der Waals surface area (Å²) in [6, 6.07) is 10.3. The molecule has 1 heterocycles. The normalized spacial score (nSPS) is 16.7. The Morgan fingerprint density at radius 2 is 2.18 bits per heavy atom. The van der Waals surface area contributed by atoms with Crippen LogP contribution in [0.1, 0.15) is 30.7 Å². The Morgan fingerprint density at radius 3 is 2.91 bits per heavy atom. The molecule has 1 aromatic heterocycles. The van der Waals surface area contributed by atoms with Gasteiger partial charge in [0.1, 0.15) is 6.10 Å².